The highest BCUT2D eigenvalue weighted by Gasteiger charge is 2.35. The zero-order valence-electron chi connectivity index (χ0n) is 9.91. The molecule has 0 unspecified atom stereocenters. The van der Waals surface area contributed by atoms with Crippen LogP contribution in [0.4, 0.5) is 0 Å². The van der Waals surface area contributed by atoms with Crippen LogP contribution in [0.1, 0.15) is 36.2 Å². The second-order valence-corrected chi connectivity index (χ2v) is 5.55. The van der Waals surface area contributed by atoms with Crippen LogP contribution in [0, 0.1) is 0 Å². The Kier molecular flexibility index (Phi) is 2.68. The first-order chi connectivity index (χ1) is 8.56. The number of benzene rings is 1. The molecule has 0 aliphatic heterocycles. The van der Waals surface area contributed by atoms with E-state index in [-0.39, 0.29) is 11.3 Å². The molecule has 1 aromatic heterocycles. The number of hydrogen-bond donors (Lipinski definition) is 1. The molecule has 1 heterocycles. The van der Waals surface area contributed by atoms with Crippen molar-refractivity contribution in [1.82, 2.24) is 0 Å². The summed E-state index contributed by atoms with van der Waals surface area (Å²) in [6.45, 7) is 0. The maximum Gasteiger partial charge on any atom is 0.199 e. The smallest absolute Gasteiger partial charge is 0.199 e. The largest absolute Gasteiger partial charge is 0.453 e. The van der Waals surface area contributed by atoms with Crippen LogP contribution in [0.3, 0.4) is 0 Å². The Hall–Kier alpha value is -1.32. The Bertz CT molecular complexity index is 613. The van der Waals surface area contributed by atoms with E-state index in [1.807, 2.05) is 0 Å². The van der Waals surface area contributed by atoms with E-state index in [0.29, 0.717) is 22.8 Å². The number of rotatable bonds is 3. The second-order valence-electron chi connectivity index (χ2n) is 5.11. The van der Waals surface area contributed by atoms with E-state index in [1.165, 1.54) is 0 Å². The number of carbonyl (C=O) groups excluding carboxylic acids is 1. The second kappa shape index (κ2) is 4.11. The summed E-state index contributed by atoms with van der Waals surface area (Å²) in [6.07, 6.45) is 3.32. The molecule has 1 aliphatic rings. The Morgan fingerprint density at radius 3 is 2.83 bits per heavy atom. The third-order valence-corrected chi connectivity index (χ3v) is 3.85. The van der Waals surface area contributed by atoms with Crippen LogP contribution in [0.25, 0.3) is 11.0 Å². The van der Waals surface area contributed by atoms with Gasteiger partial charge in [0.2, 0.25) is 0 Å². The number of fused-ring (bicyclic) bond motifs is 1. The van der Waals surface area contributed by atoms with Crippen molar-refractivity contribution in [2.24, 2.45) is 5.73 Å². The maximum atomic E-state index is 12.1. The highest BCUT2D eigenvalue weighted by Crippen LogP contribution is 2.34. The van der Waals surface area contributed by atoms with E-state index in [4.69, 9.17) is 21.8 Å². The van der Waals surface area contributed by atoms with Crippen molar-refractivity contribution in [3.63, 3.8) is 0 Å². The lowest BCUT2D eigenvalue weighted by Crippen LogP contribution is -2.48. The molecule has 94 valence electrons. The van der Waals surface area contributed by atoms with Crippen LogP contribution in [0.15, 0.2) is 28.7 Å². The van der Waals surface area contributed by atoms with Gasteiger partial charge in [-0.1, -0.05) is 11.6 Å². The third-order valence-electron chi connectivity index (χ3n) is 3.62. The SMILES string of the molecule is NC1(CC(=O)c2cc3cc(Cl)ccc3o2)CCC1. The summed E-state index contributed by atoms with van der Waals surface area (Å²) < 4.78 is 5.54. The monoisotopic (exact) mass is 263 g/mol. The van der Waals surface area contributed by atoms with Gasteiger partial charge < -0.3 is 10.2 Å². The molecule has 0 spiro atoms. The first kappa shape index (κ1) is 11.8. The Balaban J connectivity index is 1.87. The lowest BCUT2D eigenvalue weighted by Gasteiger charge is -2.37. The van der Waals surface area contributed by atoms with E-state index < -0.39 is 0 Å². The molecule has 0 radical (unpaired) electrons. The molecule has 2 N–H and O–H groups in total. The molecule has 1 aromatic carbocycles. The first-order valence-electron chi connectivity index (χ1n) is 6.07. The first-order valence-corrected chi connectivity index (χ1v) is 6.45. The summed E-state index contributed by atoms with van der Waals surface area (Å²) in [5.74, 6) is 0.355. The Morgan fingerprint density at radius 1 is 1.39 bits per heavy atom. The zero-order valence-corrected chi connectivity index (χ0v) is 10.7. The highest BCUT2D eigenvalue weighted by molar-refractivity contribution is 6.31. The summed E-state index contributed by atoms with van der Waals surface area (Å²) in [5, 5.41) is 1.49. The fourth-order valence-electron chi connectivity index (χ4n) is 2.37. The summed E-state index contributed by atoms with van der Waals surface area (Å²) in [4.78, 5) is 12.1. The molecule has 2 aromatic rings. The van der Waals surface area contributed by atoms with E-state index in [9.17, 15) is 4.79 Å². The van der Waals surface area contributed by atoms with E-state index >= 15 is 0 Å². The molecule has 3 rings (SSSR count). The minimum atomic E-state index is -0.312. The molecular formula is C14H14ClNO2. The van der Waals surface area contributed by atoms with Gasteiger partial charge in [-0.15, -0.1) is 0 Å². The Morgan fingerprint density at radius 2 is 2.17 bits per heavy atom. The van der Waals surface area contributed by atoms with Gasteiger partial charge in [-0.25, -0.2) is 0 Å². The van der Waals surface area contributed by atoms with Crippen molar-refractivity contribution in [2.45, 2.75) is 31.2 Å². The van der Waals surface area contributed by atoms with Gasteiger partial charge in [-0.3, -0.25) is 4.79 Å². The zero-order chi connectivity index (χ0) is 12.8. The summed E-state index contributed by atoms with van der Waals surface area (Å²) in [7, 11) is 0. The van der Waals surface area contributed by atoms with Crippen LogP contribution < -0.4 is 5.73 Å². The fraction of sp³-hybridized carbons (Fsp3) is 0.357. The molecule has 0 bridgehead atoms. The predicted molar refractivity (Wildman–Crippen MR) is 70.9 cm³/mol. The molecule has 3 nitrogen and oxygen atoms in total. The maximum absolute atomic E-state index is 12.1. The topological polar surface area (TPSA) is 56.2 Å². The van der Waals surface area contributed by atoms with Crippen molar-refractivity contribution < 1.29 is 9.21 Å². The number of furan rings is 1. The van der Waals surface area contributed by atoms with Crippen LogP contribution in [0.5, 0.6) is 0 Å². The standard InChI is InChI=1S/C14H14ClNO2/c15-10-2-3-12-9(6-10)7-13(18-12)11(17)8-14(16)4-1-5-14/h2-3,6-7H,1,4-5,8,16H2. The van der Waals surface area contributed by atoms with Gasteiger partial charge in [0.1, 0.15) is 5.58 Å². The van der Waals surface area contributed by atoms with Crippen molar-refractivity contribution >= 4 is 28.4 Å². The van der Waals surface area contributed by atoms with E-state index in [1.54, 1.807) is 24.3 Å². The van der Waals surface area contributed by atoms with Crippen molar-refractivity contribution in [3.8, 4) is 0 Å². The third kappa shape index (κ3) is 2.04. The van der Waals surface area contributed by atoms with E-state index in [2.05, 4.69) is 0 Å². The minimum Gasteiger partial charge on any atom is -0.453 e. The van der Waals surface area contributed by atoms with Gasteiger partial charge in [-0.2, -0.15) is 0 Å². The van der Waals surface area contributed by atoms with Crippen LogP contribution in [0.2, 0.25) is 5.02 Å². The van der Waals surface area contributed by atoms with Gasteiger partial charge in [0, 0.05) is 22.4 Å². The van der Waals surface area contributed by atoms with Gasteiger partial charge in [0.15, 0.2) is 11.5 Å². The molecule has 4 heteroatoms. The number of nitrogens with two attached hydrogens (primary N) is 1. The van der Waals surface area contributed by atoms with Crippen molar-refractivity contribution in [1.29, 1.82) is 0 Å². The van der Waals surface area contributed by atoms with Gasteiger partial charge >= 0.3 is 0 Å². The van der Waals surface area contributed by atoms with Crippen LogP contribution in [-0.4, -0.2) is 11.3 Å². The number of Topliss-reactive ketones (excluding diaryl/α,β-unsaturated/α-hetero) is 1. The predicted octanol–water partition coefficient (Wildman–Crippen LogP) is 3.54. The average Bonchev–Trinajstić information content (AvgIpc) is 2.69. The summed E-state index contributed by atoms with van der Waals surface area (Å²) >= 11 is 5.90. The van der Waals surface area contributed by atoms with Crippen LogP contribution in [-0.2, 0) is 0 Å². The molecule has 0 amide bonds. The summed E-state index contributed by atoms with van der Waals surface area (Å²) in [5.41, 5.74) is 6.45. The van der Waals surface area contributed by atoms with Gasteiger partial charge in [0.25, 0.3) is 0 Å². The lowest BCUT2D eigenvalue weighted by molar-refractivity contribution is 0.0886. The van der Waals surface area contributed by atoms with Crippen molar-refractivity contribution in [2.75, 3.05) is 0 Å². The van der Waals surface area contributed by atoms with E-state index in [0.717, 1.165) is 24.6 Å². The number of carbonyl (C=O) groups is 1. The number of hydrogen-bond acceptors (Lipinski definition) is 3. The van der Waals surface area contributed by atoms with Crippen molar-refractivity contribution in [3.05, 3.63) is 35.0 Å². The Labute approximate surface area is 110 Å². The fourth-order valence-corrected chi connectivity index (χ4v) is 2.55. The summed E-state index contributed by atoms with van der Waals surface area (Å²) in [6, 6.07) is 7.05. The molecule has 1 aliphatic carbocycles. The number of ketones is 1. The molecule has 1 fully saturated rings. The van der Waals surface area contributed by atoms with Gasteiger partial charge in [-0.05, 0) is 43.5 Å². The minimum absolute atomic E-state index is 0.0236. The lowest BCUT2D eigenvalue weighted by atomic mass is 9.74. The quantitative estimate of drug-likeness (QED) is 0.862. The molecule has 0 saturated heterocycles. The molecular weight excluding hydrogens is 250 g/mol. The number of halogens is 1. The normalized spacial score (nSPS) is 17.7. The molecule has 1 saturated carbocycles. The molecule has 18 heavy (non-hydrogen) atoms. The highest BCUT2D eigenvalue weighted by atomic mass is 35.5. The van der Waals surface area contributed by atoms with Crippen LogP contribution >= 0.6 is 11.6 Å². The average molecular weight is 264 g/mol. The molecule has 0 atom stereocenters. The van der Waals surface area contributed by atoms with Gasteiger partial charge in [0.05, 0.1) is 0 Å².